The molecule has 0 aromatic heterocycles. The molecule has 0 saturated heterocycles. The van der Waals surface area contributed by atoms with Crippen molar-refractivity contribution in [2.75, 3.05) is 25.1 Å². The van der Waals surface area contributed by atoms with E-state index in [1.807, 2.05) is 25.1 Å². The van der Waals surface area contributed by atoms with Gasteiger partial charge in [-0.1, -0.05) is 62.2 Å². The van der Waals surface area contributed by atoms with E-state index in [9.17, 15) is 8.42 Å². The van der Waals surface area contributed by atoms with Crippen LogP contribution in [-0.2, 0) is 25.5 Å². The van der Waals surface area contributed by atoms with Gasteiger partial charge in [-0.05, 0) is 59.9 Å². The number of fused-ring (bicyclic) bond motifs is 1. The predicted molar refractivity (Wildman–Crippen MR) is 131 cm³/mol. The molecular weight excluding hydrogens is 452 g/mol. The number of ether oxygens (including phenoxy) is 1. The summed E-state index contributed by atoms with van der Waals surface area (Å²) in [6.07, 6.45) is 4.94. The van der Waals surface area contributed by atoms with E-state index in [1.54, 1.807) is 24.3 Å². The number of aryl methyl sites for hydroxylation is 1. The first-order valence-corrected chi connectivity index (χ1v) is 14.8. The van der Waals surface area contributed by atoms with Gasteiger partial charge in [0.2, 0.25) is 0 Å². The summed E-state index contributed by atoms with van der Waals surface area (Å²) in [5.74, 6) is 0.513. The van der Waals surface area contributed by atoms with E-state index in [0.717, 1.165) is 16.7 Å². The Kier molecular flexibility index (Phi) is 7.19. The van der Waals surface area contributed by atoms with Gasteiger partial charge in [-0.15, -0.1) is 0 Å². The fourth-order valence-electron chi connectivity index (χ4n) is 3.42. The third-order valence-electron chi connectivity index (χ3n) is 6.30. The van der Waals surface area contributed by atoms with E-state index >= 15 is 0 Å². The van der Waals surface area contributed by atoms with E-state index in [2.05, 4.69) is 33.3 Å². The topological polar surface area (TPSA) is 52.6 Å². The van der Waals surface area contributed by atoms with Crippen molar-refractivity contribution in [3.05, 3.63) is 64.2 Å². The Morgan fingerprint density at radius 3 is 2.32 bits per heavy atom. The van der Waals surface area contributed by atoms with Crippen LogP contribution < -0.4 is 0 Å². The zero-order valence-corrected chi connectivity index (χ0v) is 21.5. The van der Waals surface area contributed by atoms with Gasteiger partial charge in [-0.25, -0.2) is 10.0 Å². The molecule has 2 aromatic carbocycles. The highest BCUT2D eigenvalue weighted by molar-refractivity contribution is 8.33. The molecule has 2 aromatic rings. The Balaban J connectivity index is 1.79. The second-order valence-corrected chi connectivity index (χ2v) is 16.2. The molecule has 0 fully saturated rings. The maximum Gasteiger partial charge on any atom is 0.296 e. The lowest BCUT2D eigenvalue weighted by molar-refractivity contribution is 0.0322. The lowest BCUT2D eigenvalue weighted by Crippen LogP contribution is -2.28. The van der Waals surface area contributed by atoms with E-state index < -0.39 is 20.1 Å². The maximum atomic E-state index is 12.7. The van der Waals surface area contributed by atoms with Crippen molar-refractivity contribution in [2.24, 2.45) is 5.92 Å². The summed E-state index contributed by atoms with van der Waals surface area (Å²) in [6.45, 7) is 8.68. The summed E-state index contributed by atoms with van der Waals surface area (Å²) >= 11 is 6.45. The summed E-state index contributed by atoms with van der Waals surface area (Å²) in [5, 5.41) is 0.692. The zero-order chi connectivity index (χ0) is 23.0. The monoisotopic (exact) mass is 484 g/mol. The van der Waals surface area contributed by atoms with Gasteiger partial charge in [0.15, 0.2) is 0 Å². The van der Waals surface area contributed by atoms with Gasteiger partial charge in [0.05, 0.1) is 23.5 Å². The molecule has 0 heterocycles. The van der Waals surface area contributed by atoms with Gasteiger partial charge >= 0.3 is 0 Å². The van der Waals surface area contributed by atoms with Crippen molar-refractivity contribution in [1.82, 2.24) is 0 Å². The van der Waals surface area contributed by atoms with Gasteiger partial charge in [-0.3, -0.25) is 4.18 Å². The maximum absolute atomic E-state index is 12.7. The molecule has 4 nitrogen and oxygen atoms in total. The lowest BCUT2D eigenvalue weighted by atomic mass is 10.1. The van der Waals surface area contributed by atoms with Crippen LogP contribution in [0.25, 0.3) is 0 Å². The highest BCUT2D eigenvalue weighted by Gasteiger charge is 2.38. The van der Waals surface area contributed by atoms with Crippen LogP contribution in [0.5, 0.6) is 0 Å². The van der Waals surface area contributed by atoms with Crippen molar-refractivity contribution in [3.8, 4) is 0 Å². The Morgan fingerprint density at radius 2 is 1.71 bits per heavy atom. The fourth-order valence-corrected chi connectivity index (χ4v) is 5.48. The van der Waals surface area contributed by atoms with Crippen LogP contribution in [0.1, 0.15) is 43.6 Å². The van der Waals surface area contributed by atoms with E-state index in [1.165, 1.54) is 0 Å². The normalized spacial score (nSPS) is 20.0. The summed E-state index contributed by atoms with van der Waals surface area (Å²) in [6, 6.07) is 12.5. The second-order valence-electron chi connectivity index (χ2n) is 9.68. The van der Waals surface area contributed by atoms with Crippen molar-refractivity contribution < 1.29 is 17.3 Å². The van der Waals surface area contributed by atoms with Crippen LogP contribution in [-0.4, -0.2) is 38.2 Å². The van der Waals surface area contributed by atoms with Gasteiger partial charge in [-0.2, -0.15) is 8.42 Å². The first-order valence-electron chi connectivity index (χ1n) is 10.4. The molecule has 1 aliphatic rings. The first-order chi connectivity index (χ1) is 14.3. The molecule has 0 bridgehead atoms. The average molecular weight is 485 g/mol. The molecule has 0 aliphatic heterocycles. The van der Waals surface area contributed by atoms with E-state index in [-0.39, 0.29) is 28.3 Å². The van der Waals surface area contributed by atoms with Gasteiger partial charge in [0, 0.05) is 10.9 Å². The number of hydrogen-bond donors (Lipinski definition) is 0. The quantitative estimate of drug-likeness (QED) is 0.445. The minimum Gasteiger partial charge on any atom is -0.364 e. The van der Waals surface area contributed by atoms with Gasteiger partial charge in [0.25, 0.3) is 10.1 Å². The standard InChI is InChI=1S/C24H33ClO4S2/c1-17-10-12-19(13-11-17)31(26,27)29-15-18-14-21-20(8-7-9-22(21)25)23(18)28-16-30(5,6)24(2,3)4/h7-13,18,23H,14-16H2,1-6H3/t18-,23+/m1/s1. The molecule has 31 heavy (non-hydrogen) atoms. The van der Waals surface area contributed by atoms with Crippen LogP contribution in [0.3, 0.4) is 0 Å². The SMILES string of the molecule is Cc1ccc(S(=O)(=O)OC[C@H]2Cc3c(Cl)cccc3[C@H]2OCS(C)(C)C(C)(C)C)cc1. The van der Waals surface area contributed by atoms with Crippen LogP contribution in [0, 0.1) is 12.8 Å². The summed E-state index contributed by atoms with van der Waals surface area (Å²) < 4.78 is 37.5. The molecule has 2 atom stereocenters. The van der Waals surface area contributed by atoms with Crippen molar-refractivity contribution in [1.29, 1.82) is 0 Å². The largest absolute Gasteiger partial charge is 0.364 e. The third-order valence-corrected chi connectivity index (χ3v) is 12.0. The lowest BCUT2D eigenvalue weighted by Gasteiger charge is -2.45. The minimum atomic E-state index is -3.84. The van der Waals surface area contributed by atoms with E-state index in [4.69, 9.17) is 20.5 Å². The second kappa shape index (κ2) is 9.06. The number of benzene rings is 2. The predicted octanol–water partition coefficient (Wildman–Crippen LogP) is 6.10. The number of hydrogen-bond acceptors (Lipinski definition) is 4. The summed E-state index contributed by atoms with van der Waals surface area (Å²) in [7, 11) is -4.86. The summed E-state index contributed by atoms with van der Waals surface area (Å²) in [4.78, 5) is 0.169. The van der Waals surface area contributed by atoms with Gasteiger partial charge < -0.3 is 4.74 Å². The highest BCUT2D eigenvalue weighted by atomic mass is 35.5. The molecule has 7 heteroatoms. The molecule has 0 unspecified atom stereocenters. The highest BCUT2D eigenvalue weighted by Crippen LogP contribution is 2.54. The Morgan fingerprint density at radius 1 is 1.06 bits per heavy atom. The molecule has 0 N–H and O–H groups in total. The molecule has 0 amide bonds. The average Bonchev–Trinajstić information content (AvgIpc) is 3.03. The van der Waals surface area contributed by atoms with Crippen LogP contribution in [0.15, 0.2) is 47.4 Å². The molecule has 0 radical (unpaired) electrons. The Bertz CT molecular complexity index is 1020. The minimum absolute atomic E-state index is 0.0527. The van der Waals surface area contributed by atoms with Crippen molar-refractivity contribution >= 4 is 31.7 Å². The summed E-state index contributed by atoms with van der Waals surface area (Å²) in [5.41, 5.74) is 3.06. The van der Waals surface area contributed by atoms with Crippen LogP contribution in [0.4, 0.5) is 0 Å². The molecule has 172 valence electrons. The van der Waals surface area contributed by atoms with Crippen LogP contribution in [0.2, 0.25) is 5.02 Å². The van der Waals surface area contributed by atoms with E-state index in [0.29, 0.717) is 17.4 Å². The fraction of sp³-hybridized carbons (Fsp3) is 0.500. The van der Waals surface area contributed by atoms with Gasteiger partial charge in [0.1, 0.15) is 0 Å². The molecule has 1 aliphatic carbocycles. The van der Waals surface area contributed by atoms with Crippen molar-refractivity contribution in [2.45, 2.75) is 49.9 Å². The molecule has 3 rings (SSSR count). The first kappa shape index (κ1) is 24.6. The molecule has 0 saturated carbocycles. The third kappa shape index (κ3) is 5.48. The van der Waals surface area contributed by atoms with Crippen LogP contribution >= 0.6 is 21.6 Å². The Labute approximate surface area is 193 Å². The molecule has 0 spiro atoms. The zero-order valence-electron chi connectivity index (χ0n) is 19.1. The number of rotatable bonds is 7. The smallest absolute Gasteiger partial charge is 0.296 e. The van der Waals surface area contributed by atoms with Crippen molar-refractivity contribution in [3.63, 3.8) is 0 Å². The molecular formula is C24H33ClO4S2. The number of halogens is 1. The Hall–Kier alpha value is -1.05.